The molecule has 0 fully saturated rings. The van der Waals surface area contributed by atoms with E-state index in [1.165, 1.54) is 0 Å². The van der Waals surface area contributed by atoms with E-state index < -0.39 is 9.84 Å². The summed E-state index contributed by atoms with van der Waals surface area (Å²) in [5.41, 5.74) is 5.63. The number of aromatic nitrogens is 2. The van der Waals surface area contributed by atoms with Crippen LogP contribution in [0.4, 0.5) is 5.82 Å². The molecule has 0 amide bonds. The number of anilines is 1. The molecule has 0 radical (unpaired) electrons. The summed E-state index contributed by atoms with van der Waals surface area (Å²) >= 11 is 0. The highest BCUT2D eigenvalue weighted by Crippen LogP contribution is 2.15. The number of hydrogen-bond acceptors (Lipinski definition) is 5. The van der Waals surface area contributed by atoms with Gasteiger partial charge in [-0.05, 0) is 5.92 Å². The van der Waals surface area contributed by atoms with E-state index >= 15 is 0 Å². The van der Waals surface area contributed by atoms with E-state index in [4.69, 9.17) is 5.73 Å². The van der Waals surface area contributed by atoms with Crippen LogP contribution in [-0.2, 0) is 15.6 Å². The Hall–Kier alpha value is -1.37. The third-order valence-electron chi connectivity index (χ3n) is 2.01. The monoisotopic (exact) mass is 245 g/mol. The van der Waals surface area contributed by atoms with Crippen molar-refractivity contribution in [2.24, 2.45) is 0 Å². The predicted molar refractivity (Wildman–Crippen MR) is 61.9 cm³/mol. The van der Waals surface area contributed by atoms with E-state index in [9.17, 15) is 13.2 Å². The summed E-state index contributed by atoms with van der Waals surface area (Å²) < 4.78 is 22.1. The van der Waals surface area contributed by atoms with Gasteiger partial charge in [0.2, 0.25) is 0 Å². The third-order valence-corrected chi connectivity index (χ3v) is 2.81. The highest BCUT2D eigenvalue weighted by molar-refractivity contribution is 7.89. The Morgan fingerprint density at radius 3 is 2.38 bits per heavy atom. The molecule has 0 atom stereocenters. The molecule has 6 nitrogen and oxygen atoms in total. The molecule has 0 saturated heterocycles. The molecule has 1 aromatic heterocycles. The second kappa shape index (κ2) is 4.25. The average molecular weight is 245 g/mol. The van der Waals surface area contributed by atoms with Crippen LogP contribution >= 0.6 is 0 Å². The van der Waals surface area contributed by atoms with Gasteiger partial charge in [0.15, 0.2) is 9.84 Å². The summed E-state index contributed by atoms with van der Waals surface area (Å²) in [7, 11) is -3.23. The summed E-state index contributed by atoms with van der Waals surface area (Å²) in [5.74, 6) is -0.194. The van der Waals surface area contributed by atoms with Crippen molar-refractivity contribution in [2.75, 3.05) is 12.0 Å². The molecule has 7 heteroatoms. The molecule has 0 bridgehead atoms. The van der Waals surface area contributed by atoms with Gasteiger partial charge in [0.25, 0.3) is 5.56 Å². The van der Waals surface area contributed by atoms with Crippen molar-refractivity contribution in [3.05, 3.63) is 21.7 Å². The summed E-state index contributed by atoms with van der Waals surface area (Å²) in [6.07, 6.45) is 1.07. The largest absolute Gasteiger partial charge is 0.383 e. The Kier molecular flexibility index (Phi) is 3.37. The lowest BCUT2D eigenvalue weighted by Crippen LogP contribution is -2.22. The number of H-pyrrole nitrogens is 1. The number of aromatic amines is 1. The van der Waals surface area contributed by atoms with E-state index in [-0.39, 0.29) is 28.9 Å². The molecule has 0 saturated carbocycles. The Morgan fingerprint density at radius 1 is 1.44 bits per heavy atom. The van der Waals surface area contributed by atoms with Crippen LogP contribution in [0.1, 0.15) is 31.2 Å². The molecule has 0 aliphatic carbocycles. The molecule has 16 heavy (non-hydrogen) atoms. The number of rotatable bonds is 3. The van der Waals surface area contributed by atoms with Crippen molar-refractivity contribution in [2.45, 2.75) is 25.5 Å². The molecule has 0 unspecified atom stereocenters. The molecule has 1 rings (SSSR count). The summed E-state index contributed by atoms with van der Waals surface area (Å²) in [6, 6.07) is 0. The minimum atomic E-state index is -3.23. The Balaban J connectivity index is 3.26. The smallest absolute Gasteiger partial charge is 0.256 e. The topological polar surface area (TPSA) is 106 Å². The van der Waals surface area contributed by atoms with E-state index in [0.29, 0.717) is 5.56 Å². The Bertz CT molecular complexity index is 546. The molecular formula is C9H15N3O3S. The van der Waals surface area contributed by atoms with Crippen molar-refractivity contribution in [1.29, 1.82) is 0 Å². The van der Waals surface area contributed by atoms with Crippen molar-refractivity contribution < 1.29 is 8.42 Å². The lowest BCUT2D eigenvalue weighted by Gasteiger charge is -2.08. The first kappa shape index (κ1) is 12.7. The van der Waals surface area contributed by atoms with Crippen LogP contribution < -0.4 is 11.3 Å². The first-order valence-corrected chi connectivity index (χ1v) is 6.83. The van der Waals surface area contributed by atoms with Gasteiger partial charge >= 0.3 is 0 Å². The SMILES string of the molecule is CC(C)c1c(N)nc(CS(C)(=O)=O)[nH]c1=O. The molecule has 3 N–H and O–H groups in total. The van der Waals surface area contributed by atoms with Gasteiger partial charge in [-0.3, -0.25) is 4.79 Å². The quantitative estimate of drug-likeness (QED) is 0.780. The number of nitrogens with zero attached hydrogens (tertiary/aromatic N) is 1. The Morgan fingerprint density at radius 2 is 2.00 bits per heavy atom. The Labute approximate surface area is 93.8 Å². The van der Waals surface area contributed by atoms with E-state index in [1.54, 1.807) is 0 Å². The van der Waals surface area contributed by atoms with Gasteiger partial charge in [0.1, 0.15) is 17.4 Å². The molecule has 0 spiro atoms. The van der Waals surface area contributed by atoms with Crippen molar-refractivity contribution in [3.8, 4) is 0 Å². The molecular weight excluding hydrogens is 230 g/mol. The standard InChI is InChI=1S/C9H15N3O3S/c1-5(2)7-8(10)11-6(12-9(7)13)4-16(3,14)15/h5H,4H2,1-3H3,(H3,10,11,12,13). The van der Waals surface area contributed by atoms with Crippen LogP contribution in [0.3, 0.4) is 0 Å². The normalized spacial score (nSPS) is 12.0. The van der Waals surface area contributed by atoms with Gasteiger partial charge in [-0.2, -0.15) is 0 Å². The van der Waals surface area contributed by atoms with Crippen LogP contribution in [0.25, 0.3) is 0 Å². The molecule has 90 valence electrons. The van der Waals surface area contributed by atoms with Gasteiger partial charge in [-0.25, -0.2) is 13.4 Å². The van der Waals surface area contributed by atoms with E-state index in [1.807, 2.05) is 13.8 Å². The molecule has 0 aromatic carbocycles. The van der Waals surface area contributed by atoms with Gasteiger partial charge in [-0.15, -0.1) is 0 Å². The number of nitrogens with one attached hydrogen (secondary N) is 1. The summed E-state index contributed by atoms with van der Waals surface area (Å²) in [5, 5.41) is 0. The number of nitrogen functional groups attached to an aromatic ring is 1. The lowest BCUT2D eigenvalue weighted by atomic mass is 10.1. The fourth-order valence-corrected chi connectivity index (χ4v) is 2.06. The first-order valence-electron chi connectivity index (χ1n) is 4.77. The number of nitrogens with two attached hydrogens (primary N) is 1. The predicted octanol–water partition coefficient (Wildman–Crippen LogP) is 0.0201. The first-order chi connectivity index (χ1) is 7.20. The van der Waals surface area contributed by atoms with Crippen LogP contribution in [0.5, 0.6) is 0 Å². The zero-order valence-electron chi connectivity index (χ0n) is 9.44. The second-order valence-electron chi connectivity index (χ2n) is 4.04. The minimum Gasteiger partial charge on any atom is -0.383 e. The third kappa shape index (κ3) is 3.06. The van der Waals surface area contributed by atoms with E-state index in [2.05, 4.69) is 9.97 Å². The molecule has 0 aliphatic heterocycles. The summed E-state index contributed by atoms with van der Waals surface area (Å²) in [6.45, 7) is 3.64. The number of sulfone groups is 1. The highest BCUT2D eigenvalue weighted by atomic mass is 32.2. The maximum Gasteiger partial charge on any atom is 0.256 e. The minimum absolute atomic E-state index is 0.0523. The van der Waals surface area contributed by atoms with Gasteiger partial charge in [0.05, 0.1) is 5.56 Å². The maximum atomic E-state index is 11.6. The van der Waals surface area contributed by atoms with Crippen LogP contribution in [-0.4, -0.2) is 24.6 Å². The van der Waals surface area contributed by atoms with Crippen LogP contribution in [0.2, 0.25) is 0 Å². The van der Waals surface area contributed by atoms with Crippen LogP contribution in [0, 0.1) is 0 Å². The van der Waals surface area contributed by atoms with Gasteiger partial charge in [-0.1, -0.05) is 13.8 Å². The van der Waals surface area contributed by atoms with Crippen molar-refractivity contribution >= 4 is 15.7 Å². The van der Waals surface area contributed by atoms with Crippen molar-refractivity contribution in [3.63, 3.8) is 0 Å². The molecule has 1 heterocycles. The van der Waals surface area contributed by atoms with Gasteiger partial charge < -0.3 is 10.7 Å². The maximum absolute atomic E-state index is 11.6. The fourth-order valence-electron chi connectivity index (χ4n) is 1.42. The fraction of sp³-hybridized carbons (Fsp3) is 0.556. The lowest BCUT2D eigenvalue weighted by molar-refractivity contribution is 0.599. The zero-order chi connectivity index (χ0) is 12.5. The van der Waals surface area contributed by atoms with Crippen molar-refractivity contribution in [1.82, 2.24) is 9.97 Å². The number of hydrogen-bond donors (Lipinski definition) is 2. The average Bonchev–Trinajstić information content (AvgIpc) is 1.96. The van der Waals surface area contributed by atoms with E-state index in [0.717, 1.165) is 6.26 Å². The molecule has 1 aromatic rings. The molecule has 0 aliphatic rings. The zero-order valence-corrected chi connectivity index (χ0v) is 10.3. The second-order valence-corrected chi connectivity index (χ2v) is 6.18. The van der Waals surface area contributed by atoms with Crippen LogP contribution in [0.15, 0.2) is 4.79 Å². The highest BCUT2D eigenvalue weighted by Gasteiger charge is 2.14. The summed E-state index contributed by atoms with van der Waals surface area (Å²) in [4.78, 5) is 17.9. The van der Waals surface area contributed by atoms with Gasteiger partial charge in [0, 0.05) is 6.26 Å².